The van der Waals surface area contributed by atoms with E-state index in [0.29, 0.717) is 30.0 Å². The summed E-state index contributed by atoms with van der Waals surface area (Å²) in [6.45, 7) is 11.3. The molecule has 4 N–H and O–H groups in total. The molecule has 6 saturated carbocycles. The van der Waals surface area contributed by atoms with E-state index in [4.69, 9.17) is 5.73 Å². The molecule has 6 fully saturated rings. The van der Waals surface area contributed by atoms with Gasteiger partial charge in [0.15, 0.2) is 0 Å². The van der Waals surface area contributed by atoms with Gasteiger partial charge in [0.05, 0.1) is 6.10 Å². The van der Waals surface area contributed by atoms with E-state index >= 15 is 0 Å². The normalized spacial score (nSPS) is 40.1. The lowest BCUT2D eigenvalue weighted by Crippen LogP contribution is -2.56. The molecule has 6 aliphatic rings. The monoisotopic (exact) mass is 432 g/mol. The predicted octanol–water partition coefficient (Wildman–Crippen LogP) is 5.75. The van der Waals surface area contributed by atoms with E-state index in [9.17, 15) is 5.11 Å². The summed E-state index contributed by atoms with van der Waals surface area (Å²) in [7, 11) is 0. The van der Waals surface area contributed by atoms with Gasteiger partial charge in [-0.15, -0.1) is 0 Å². The SMILES string of the molecule is CC1(C)C2CCC(CC2)C1CCCCC(NCC(O)CN)C1C2CCC(CC2)C1(C)C. The fraction of sp³-hybridized carbons (Fsp3) is 1.00. The molecular weight excluding hydrogens is 380 g/mol. The van der Waals surface area contributed by atoms with E-state index < -0.39 is 6.10 Å². The lowest BCUT2D eigenvalue weighted by Gasteiger charge is -2.57. The Labute approximate surface area is 192 Å². The van der Waals surface area contributed by atoms with Crippen molar-refractivity contribution in [2.75, 3.05) is 13.1 Å². The molecule has 0 aromatic heterocycles. The van der Waals surface area contributed by atoms with E-state index in [1.54, 1.807) is 0 Å². The lowest BCUT2D eigenvalue weighted by atomic mass is 9.49. The minimum Gasteiger partial charge on any atom is -0.390 e. The van der Waals surface area contributed by atoms with Gasteiger partial charge in [0.1, 0.15) is 0 Å². The van der Waals surface area contributed by atoms with Crippen LogP contribution in [0.15, 0.2) is 0 Å². The van der Waals surface area contributed by atoms with Gasteiger partial charge < -0.3 is 16.2 Å². The third-order valence-electron chi connectivity index (χ3n) is 11.1. The second-order valence-electron chi connectivity index (χ2n) is 13.2. The largest absolute Gasteiger partial charge is 0.390 e. The Kier molecular flexibility index (Phi) is 7.46. The van der Waals surface area contributed by atoms with Crippen LogP contribution in [-0.4, -0.2) is 30.3 Å². The summed E-state index contributed by atoms with van der Waals surface area (Å²) < 4.78 is 0. The van der Waals surface area contributed by atoms with Gasteiger partial charge in [-0.1, -0.05) is 40.5 Å². The molecular formula is C28H52N2O. The molecule has 31 heavy (non-hydrogen) atoms. The first-order chi connectivity index (χ1) is 14.7. The van der Waals surface area contributed by atoms with Crippen LogP contribution in [0.4, 0.5) is 0 Å². The summed E-state index contributed by atoms with van der Waals surface area (Å²) in [6.07, 6.45) is 16.7. The molecule has 6 rings (SSSR count). The van der Waals surface area contributed by atoms with Crippen molar-refractivity contribution >= 4 is 0 Å². The molecule has 180 valence electrons. The molecule has 0 spiro atoms. The maximum Gasteiger partial charge on any atom is 0.0786 e. The van der Waals surface area contributed by atoms with Gasteiger partial charge in [-0.25, -0.2) is 0 Å². The number of fused-ring (bicyclic) bond motifs is 6. The van der Waals surface area contributed by atoms with Crippen molar-refractivity contribution in [3.63, 3.8) is 0 Å². The second kappa shape index (κ2) is 9.63. The summed E-state index contributed by atoms with van der Waals surface area (Å²) in [4.78, 5) is 0. The Hall–Kier alpha value is -0.120. The summed E-state index contributed by atoms with van der Waals surface area (Å²) in [5, 5.41) is 14.0. The predicted molar refractivity (Wildman–Crippen MR) is 131 cm³/mol. The van der Waals surface area contributed by atoms with Crippen LogP contribution >= 0.6 is 0 Å². The standard InChI is InChI=1S/C28H52N2O/c1-27(2)21-13-9-19(10-14-21)24(27)7-5-6-8-25(30-18-23(31)17-29)26-20-11-15-22(16-12-20)28(26,3)4/h19-26,30-31H,5-18,29H2,1-4H3. The number of aliphatic hydroxyl groups is 1. The van der Waals surface area contributed by atoms with Crippen LogP contribution in [0.25, 0.3) is 0 Å². The van der Waals surface area contributed by atoms with Crippen molar-refractivity contribution in [1.82, 2.24) is 5.32 Å². The molecule has 4 bridgehead atoms. The molecule has 0 amide bonds. The maximum absolute atomic E-state index is 10.1. The zero-order valence-corrected chi connectivity index (χ0v) is 21.0. The lowest BCUT2D eigenvalue weighted by molar-refractivity contribution is -0.0646. The average Bonchev–Trinajstić information content (AvgIpc) is 2.75. The highest BCUT2D eigenvalue weighted by Gasteiger charge is 2.51. The summed E-state index contributed by atoms with van der Waals surface area (Å²) in [6, 6.07) is 0.542. The van der Waals surface area contributed by atoms with E-state index in [-0.39, 0.29) is 0 Å². The first-order valence-electron chi connectivity index (χ1n) is 13.9. The number of hydrogen-bond donors (Lipinski definition) is 3. The maximum atomic E-state index is 10.1. The molecule has 0 saturated heterocycles. The van der Waals surface area contributed by atoms with Crippen molar-refractivity contribution in [2.24, 2.45) is 52.1 Å². The Balaban J connectivity index is 1.35. The molecule has 6 aliphatic carbocycles. The third kappa shape index (κ3) is 4.76. The highest BCUT2D eigenvalue weighted by molar-refractivity contribution is 5.03. The molecule has 4 atom stereocenters. The number of aliphatic hydroxyl groups excluding tert-OH is 1. The summed E-state index contributed by atoms with van der Waals surface area (Å²) in [5.74, 6) is 5.46. The quantitative estimate of drug-likeness (QED) is 0.385. The zero-order chi connectivity index (χ0) is 22.2. The van der Waals surface area contributed by atoms with E-state index in [1.165, 1.54) is 77.0 Å². The number of rotatable bonds is 10. The Morgan fingerprint density at radius 2 is 1.42 bits per heavy atom. The van der Waals surface area contributed by atoms with E-state index in [2.05, 4.69) is 33.0 Å². The van der Waals surface area contributed by atoms with Crippen LogP contribution in [0, 0.1) is 46.3 Å². The number of unbranched alkanes of at least 4 members (excludes halogenated alkanes) is 1. The number of nitrogens with two attached hydrogens (primary N) is 1. The van der Waals surface area contributed by atoms with Crippen molar-refractivity contribution < 1.29 is 5.11 Å². The van der Waals surface area contributed by atoms with Crippen LogP contribution in [0.1, 0.15) is 105 Å². The summed E-state index contributed by atoms with van der Waals surface area (Å²) in [5.41, 5.74) is 6.71. The van der Waals surface area contributed by atoms with Gasteiger partial charge in [-0.2, -0.15) is 0 Å². The van der Waals surface area contributed by atoms with Gasteiger partial charge in [-0.3, -0.25) is 0 Å². The van der Waals surface area contributed by atoms with Crippen LogP contribution in [-0.2, 0) is 0 Å². The van der Waals surface area contributed by atoms with Crippen LogP contribution in [0.2, 0.25) is 0 Å². The number of hydrogen-bond acceptors (Lipinski definition) is 3. The van der Waals surface area contributed by atoms with Gasteiger partial charge in [0, 0.05) is 19.1 Å². The van der Waals surface area contributed by atoms with Crippen LogP contribution in [0.5, 0.6) is 0 Å². The molecule has 0 radical (unpaired) electrons. The topological polar surface area (TPSA) is 58.3 Å². The van der Waals surface area contributed by atoms with Crippen LogP contribution < -0.4 is 11.1 Å². The highest BCUT2D eigenvalue weighted by Crippen LogP contribution is 2.58. The Bertz CT molecular complexity index is 572. The molecule has 0 aromatic rings. The molecule has 0 aliphatic heterocycles. The minimum atomic E-state index is -0.412. The summed E-state index contributed by atoms with van der Waals surface area (Å²) >= 11 is 0. The molecule has 0 aromatic carbocycles. The first kappa shape index (κ1) is 24.0. The van der Waals surface area contributed by atoms with Gasteiger partial charge in [-0.05, 0) is 111 Å². The van der Waals surface area contributed by atoms with E-state index in [1.807, 2.05) is 0 Å². The fourth-order valence-corrected chi connectivity index (χ4v) is 9.24. The van der Waals surface area contributed by atoms with Gasteiger partial charge >= 0.3 is 0 Å². The van der Waals surface area contributed by atoms with Gasteiger partial charge in [0.25, 0.3) is 0 Å². The van der Waals surface area contributed by atoms with E-state index in [0.717, 1.165) is 35.5 Å². The van der Waals surface area contributed by atoms with Crippen LogP contribution in [0.3, 0.4) is 0 Å². The Morgan fingerprint density at radius 3 is 1.97 bits per heavy atom. The zero-order valence-electron chi connectivity index (χ0n) is 21.0. The van der Waals surface area contributed by atoms with Crippen molar-refractivity contribution in [2.45, 2.75) is 117 Å². The van der Waals surface area contributed by atoms with Crippen molar-refractivity contribution in [3.8, 4) is 0 Å². The molecule has 4 unspecified atom stereocenters. The molecule has 3 nitrogen and oxygen atoms in total. The smallest absolute Gasteiger partial charge is 0.0786 e. The van der Waals surface area contributed by atoms with Gasteiger partial charge in [0.2, 0.25) is 0 Å². The van der Waals surface area contributed by atoms with Crippen molar-refractivity contribution in [1.29, 1.82) is 0 Å². The first-order valence-corrected chi connectivity index (χ1v) is 13.9. The molecule has 3 heteroatoms. The average molecular weight is 433 g/mol. The minimum absolute atomic E-state index is 0.360. The highest BCUT2D eigenvalue weighted by atomic mass is 16.3. The fourth-order valence-electron chi connectivity index (χ4n) is 9.24. The second-order valence-corrected chi connectivity index (χ2v) is 13.2. The third-order valence-corrected chi connectivity index (χ3v) is 11.1. The Morgan fingerprint density at radius 1 is 0.839 bits per heavy atom. The molecule has 0 heterocycles. The van der Waals surface area contributed by atoms with Crippen molar-refractivity contribution in [3.05, 3.63) is 0 Å². The number of nitrogens with one attached hydrogen (secondary N) is 1.